The SMILES string of the molecule is Cc1cc(C(=O)NCC#CCOc2ccccc2C(N)=O)c(C)o1. The fourth-order valence-corrected chi connectivity index (χ4v) is 2.10. The number of primary amides is 1. The van der Waals surface area contributed by atoms with Gasteiger partial charge in [-0.15, -0.1) is 0 Å². The second-order valence-corrected chi connectivity index (χ2v) is 5.01. The maximum atomic E-state index is 11.9. The minimum Gasteiger partial charge on any atom is -0.480 e. The van der Waals surface area contributed by atoms with Gasteiger partial charge >= 0.3 is 0 Å². The highest BCUT2D eigenvalue weighted by molar-refractivity contribution is 5.96. The van der Waals surface area contributed by atoms with Gasteiger partial charge in [-0.2, -0.15) is 0 Å². The summed E-state index contributed by atoms with van der Waals surface area (Å²) in [6.07, 6.45) is 0. The van der Waals surface area contributed by atoms with Crippen LogP contribution in [0.15, 0.2) is 34.7 Å². The molecular formula is C18H18N2O4. The van der Waals surface area contributed by atoms with Crippen LogP contribution in [0.4, 0.5) is 0 Å². The van der Waals surface area contributed by atoms with Crippen molar-refractivity contribution < 1.29 is 18.7 Å². The summed E-state index contributed by atoms with van der Waals surface area (Å²) in [5.74, 6) is 6.39. The molecule has 1 aromatic heterocycles. The monoisotopic (exact) mass is 326 g/mol. The van der Waals surface area contributed by atoms with E-state index in [2.05, 4.69) is 17.2 Å². The second-order valence-electron chi connectivity index (χ2n) is 5.01. The van der Waals surface area contributed by atoms with E-state index in [1.807, 2.05) is 0 Å². The number of aryl methyl sites for hydroxylation is 2. The first kappa shape index (κ1) is 17.2. The normalized spacial score (nSPS) is 9.75. The Bertz CT molecular complexity index is 812. The van der Waals surface area contributed by atoms with Gasteiger partial charge < -0.3 is 20.2 Å². The summed E-state index contributed by atoms with van der Waals surface area (Å²) in [4.78, 5) is 23.2. The van der Waals surface area contributed by atoms with Gasteiger partial charge in [-0.25, -0.2) is 0 Å². The van der Waals surface area contributed by atoms with Crippen molar-refractivity contribution >= 4 is 11.8 Å². The first-order valence-corrected chi connectivity index (χ1v) is 7.31. The number of carbonyl (C=O) groups excluding carboxylic acids is 2. The number of rotatable bonds is 5. The van der Waals surface area contributed by atoms with Crippen molar-refractivity contribution in [2.24, 2.45) is 5.73 Å². The molecule has 6 heteroatoms. The van der Waals surface area contributed by atoms with Crippen molar-refractivity contribution in [3.63, 3.8) is 0 Å². The number of benzene rings is 1. The average molecular weight is 326 g/mol. The van der Waals surface area contributed by atoms with E-state index >= 15 is 0 Å². The van der Waals surface area contributed by atoms with E-state index in [0.29, 0.717) is 28.4 Å². The molecule has 0 atom stereocenters. The fraction of sp³-hybridized carbons (Fsp3) is 0.222. The largest absolute Gasteiger partial charge is 0.480 e. The molecule has 2 rings (SSSR count). The van der Waals surface area contributed by atoms with Crippen LogP contribution < -0.4 is 15.8 Å². The Hall–Kier alpha value is -3.20. The Kier molecular flexibility index (Phi) is 5.63. The minimum absolute atomic E-state index is 0.0873. The first-order valence-electron chi connectivity index (χ1n) is 7.31. The maximum Gasteiger partial charge on any atom is 0.255 e. The first-order chi connectivity index (χ1) is 11.5. The van der Waals surface area contributed by atoms with Crippen LogP contribution >= 0.6 is 0 Å². The van der Waals surface area contributed by atoms with Gasteiger partial charge in [0.2, 0.25) is 0 Å². The molecular weight excluding hydrogens is 308 g/mol. The lowest BCUT2D eigenvalue weighted by atomic mass is 10.2. The number of amides is 2. The third kappa shape index (κ3) is 4.40. The van der Waals surface area contributed by atoms with Crippen LogP contribution in [0.2, 0.25) is 0 Å². The number of para-hydroxylation sites is 1. The van der Waals surface area contributed by atoms with E-state index in [9.17, 15) is 9.59 Å². The summed E-state index contributed by atoms with van der Waals surface area (Å²) < 4.78 is 10.7. The van der Waals surface area contributed by atoms with Gasteiger partial charge in [-0.3, -0.25) is 9.59 Å². The number of carbonyl (C=O) groups is 2. The maximum absolute atomic E-state index is 11.9. The zero-order valence-electron chi connectivity index (χ0n) is 13.5. The molecule has 0 aliphatic heterocycles. The summed E-state index contributed by atoms with van der Waals surface area (Å²) in [5, 5.41) is 2.68. The molecule has 124 valence electrons. The Morgan fingerprint density at radius 1 is 1.21 bits per heavy atom. The van der Waals surface area contributed by atoms with E-state index in [1.165, 1.54) is 0 Å². The number of furan rings is 1. The van der Waals surface area contributed by atoms with Crippen LogP contribution in [0.1, 0.15) is 32.2 Å². The van der Waals surface area contributed by atoms with Crippen molar-refractivity contribution in [3.8, 4) is 17.6 Å². The highest BCUT2D eigenvalue weighted by Crippen LogP contribution is 2.16. The second kappa shape index (κ2) is 7.88. The fourth-order valence-electron chi connectivity index (χ4n) is 2.10. The molecule has 0 fully saturated rings. The Balaban J connectivity index is 1.82. The van der Waals surface area contributed by atoms with Gasteiger partial charge in [0, 0.05) is 0 Å². The van der Waals surface area contributed by atoms with E-state index < -0.39 is 5.91 Å². The summed E-state index contributed by atoms with van der Waals surface area (Å²) in [7, 11) is 0. The van der Waals surface area contributed by atoms with Crippen molar-refractivity contribution in [2.45, 2.75) is 13.8 Å². The number of nitrogens with two attached hydrogens (primary N) is 1. The summed E-state index contributed by atoms with van der Waals surface area (Å²) in [6, 6.07) is 8.36. The van der Waals surface area contributed by atoms with Crippen molar-refractivity contribution in [1.29, 1.82) is 0 Å². The van der Waals surface area contributed by atoms with Gasteiger partial charge in [0.15, 0.2) is 0 Å². The average Bonchev–Trinajstić information content (AvgIpc) is 2.89. The van der Waals surface area contributed by atoms with Crippen LogP contribution in [0.5, 0.6) is 5.75 Å². The molecule has 6 nitrogen and oxygen atoms in total. The highest BCUT2D eigenvalue weighted by Gasteiger charge is 2.12. The lowest BCUT2D eigenvalue weighted by Crippen LogP contribution is -2.23. The van der Waals surface area contributed by atoms with E-state index in [1.54, 1.807) is 44.2 Å². The molecule has 0 aliphatic rings. The van der Waals surface area contributed by atoms with Gasteiger partial charge in [-0.1, -0.05) is 24.0 Å². The molecule has 0 unspecified atom stereocenters. The summed E-state index contributed by atoms with van der Waals surface area (Å²) in [5.41, 5.74) is 6.06. The number of hydrogen-bond acceptors (Lipinski definition) is 4. The topological polar surface area (TPSA) is 94.6 Å². The summed E-state index contributed by atoms with van der Waals surface area (Å²) in [6.45, 7) is 3.79. The number of nitrogens with one attached hydrogen (secondary N) is 1. The molecule has 24 heavy (non-hydrogen) atoms. The molecule has 1 aromatic carbocycles. The van der Waals surface area contributed by atoms with Crippen molar-refractivity contribution in [3.05, 3.63) is 53.0 Å². The van der Waals surface area contributed by atoms with E-state index in [4.69, 9.17) is 14.9 Å². The smallest absolute Gasteiger partial charge is 0.255 e. The third-order valence-electron chi connectivity index (χ3n) is 3.20. The van der Waals surface area contributed by atoms with Gasteiger partial charge in [0.1, 0.15) is 23.9 Å². The standard InChI is InChI=1S/C18H18N2O4/c1-12-11-15(13(2)24-12)18(22)20-9-5-6-10-23-16-8-4-3-7-14(16)17(19)21/h3-4,7-8,11H,9-10H2,1-2H3,(H2,19,21)(H,20,22). The molecule has 0 spiro atoms. The van der Waals surface area contributed by atoms with Gasteiger partial charge in [-0.05, 0) is 32.0 Å². The molecule has 0 aliphatic carbocycles. The van der Waals surface area contributed by atoms with Crippen LogP contribution in [0, 0.1) is 25.7 Å². The summed E-state index contributed by atoms with van der Waals surface area (Å²) >= 11 is 0. The molecule has 0 saturated carbocycles. The van der Waals surface area contributed by atoms with Crippen molar-refractivity contribution in [1.82, 2.24) is 5.32 Å². The van der Waals surface area contributed by atoms with Gasteiger partial charge in [0.25, 0.3) is 11.8 Å². The zero-order chi connectivity index (χ0) is 17.5. The molecule has 2 amide bonds. The molecule has 1 heterocycles. The van der Waals surface area contributed by atoms with E-state index in [-0.39, 0.29) is 19.1 Å². The third-order valence-corrected chi connectivity index (χ3v) is 3.20. The minimum atomic E-state index is -0.559. The number of hydrogen-bond donors (Lipinski definition) is 2. The zero-order valence-corrected chi connectivity index (χ0v) is 13.5. The van der Waals surface area contributed by atoms with E-state index in [0.717, 1.165) is 0 Å². The Morgan fingerprint density at radius 3 is 2.62 bits per heavy atom. The molecule has 0 bridgehead atoms. The molecule has 2 aromatic rings. The highest BCUT2D eigenvalue weighted by atomic mass is 16.5. The molecule has 0 saturated heterocycles. The molecule has 3 N–H and O–H groups in total. The Morgan fingerprint density at radius 2 is 1.96 bits per heavy atom. The predicted octanol–water partition coefficient (Wildman–Crippen LogP) is 1.81. The molecule has 0 radical (unpaired) electrons. The van der Waals surface area contributed by atoms with Crippen LogP contribution in [-0.2, 0) is 0 Å². The lowest BCUT2D eigenvalue weighted by Gasteiger charge is -2.05. The quantitative estimate of drug-likeness (QED) is 0.819. The lowest BCUT2D eigenvalue weighted by molar-refractivity contribution is 0.0955. The predicted molar refractivity (Wildman–Crippen MR) is 88.7 cm³/mol. The van der Waals surface area contributed by atoms with Crippen LogP contribution in [0.3, 0.4) is 0 Å². The van der Waals surface area contributed by atoms with Gasteiger partial charge in [0.05, 0.1) is 17.7 Å². The van der Waals surface area contributed by atoms with Crippen LogP contribution in [-0.4, -0.2) is 25.0 Å². The van der Waals surface area contributed by atoms with Crippen molar-refractivity contribution in [2.75, 3.05) is 13.2 Å². The Labute approximate surface area is 140 Å². The number of ether oxygens (including phenoxy) is 1. The van der Waals surface area contributed by atoms with Crippen LogP contribution in [0.25, 0.3) is 0 Å².